The summed E-state index contributed by atoms with van der Waals surface area (Å²) in [6, 6.07) is 8.57. The molecule has 0 amide bonds. The molecule has 20 atom stereocenters. The lowest BCUT2D eigenvalue weighted by Gasteiger charge is -2.67. The van der Waals surface area contributed by atoms with Crippen LogP contribution in [0.4, 0.5) is 0 Å². The van der Waals surface area contributed by atoms with E-state index in [1.165, 1.54) is 6.92 Å². The normalized spacial score (nSPS) is 49.2. The zero-order chi connectivity index (χ0) is 46.1. The minimum absolute atomic E-state index is 0.0234. The first-order valence-electron chi connectivity index (χ1n) is 23.5. The van der Waals surface area contributed by atoms with Crippen LogP contribution in [0.3, 0.4) is 0 Å². The van der Waals surface area contributed by atoms with E-state index in [-0.39, 0.29) is 56.0 Å². The molecule has 1 aromatic rings. The maximum absolute atomic E-state index is 13.7. The van der Waals surface area contributed by atoms with Crippen molar-refractivity contribution in [2.75, 3.05) is 21.3 Å². The summed E-state index contributed by atoms with van der Waals surface area (Å²) in [5.74, 6) is -1.54. The zero-order valence-corrected chi connectivity index (χ0v) is 39.0. The molecule has 3 saturated heterocycles. The van der Waals surface area contributed by atoms with E-state index < -0.39 is 101 Å². The van der Waals surface area contributed by atoms with Crippen molar-refractivity contribution in [2.24, 2.45) is 22.7 Å². The molecule has 0 radical (unpaired) electrons. The van der Waals surface area contributed by atoms with Crippen molar-refractivity contribution in [3.05, 3.63) is 47.5 Å². The minimum Gasteiger partial charge on any atom is -0.458 e. The summed E-state index contributed by atoms with van der Waals surface area (Å²) < 4.78 is 56.1. The summed E-state index contributed by atoms with van der Waals surface area (Å²) in [5, 5.41) is 48.5. The Labute approximate surface area is 377 Å². The van der Waals surface area contributed by atoms with Gasteiger partial charge in [-0.2, -0.15) is 0 Å². The van der Waals surface area contributed by atoms with Crippen molar-refractivity contribution in [1.29, 1.82) is 0 Å². The molecule has 4 aliphatic carbocycles. The van der Waals surface area contributed by atoms with Gasteiger partial charge in [0.15, 0.2) is 18.4 Å². The Bertz CT molecular complexity index is 1880. The van der Waals surface area contributed by atoms with Gasteiger partial charge in [0.2, 0.25) is 0 Å². The number of esters is 1. The third-order valence-corrected chi connectivity index (χ3v) is 17.5. The van der Waals surface area contributed by atoms with Crippen molar-refractivity contribution in [2.45, 2.75) is 202 Å². The first-order valence-corrected chi connectivity index (χ1v) is 23.5. The molecule has 358 valence electrons. The number of allylic oxidation sites excluding steroid dienone is 1. The van der Waals surface area contributed by atoms with Gasteiger partial charge in [-0.25, -0.2) is 4.79 Å². The van der Waals surface area contributed by atoms with Crippen molar-refractivity contribution in [1.82, 2.24) is 0 Å². The lowest BCUT2D eigenvalue weighted by molar-refractivity contribution is -0.330. The number of carbonyl (C=O) groups excluding carboxylic acids is 2. The minimum atomic E-state index is -2.02. The number of ketones is 1. The second kappa shape index (κ2) is 17.9. The molecule has 3 aliphatic heterocycles. The van der Waals surface area contributed by atoms with Crippen LogP contribution in [0.5, 0.6) is 0 Å². The van der Waals surface area contributed by atoms with Gasteiger partial charge in [0, 0.05) is 46.5 Å². The fraction of sp³-hybridized carbons (Fsp3) is 0.796. The predicted molar refractivity (Wildman–Crippen MR) is 230 cm³/mol. The molecule has 8 rings (SSSR count). The van der Waals surface area contributed by atoms with E-state index in [1.807, 2.05) is 13.8 Å². The van der Waals surface area contributed by atoms with E-state index in [0.717, 1.165) is 12.0 Å². The first kappa shape index (κ1) is 48.1. The number of rotatable bonds is 11. The fourth-order valence-corrected chi connectivity index (χ4v) is 13.5. The van der Waals surface area contributed by atoms with Gasteiger partial charge in [0.05, 0.1) is 53.7 Å². The summed E-state index contributed by atoms with van der Waals surface area (Å²) in [5.41, 5.74) is -6.43. The molecule has 15 nitrogen and oxygen atoms in total. The number of aliphatic hydroxyl groups is 4. The SMILES string of the molecule is CO[C@H]1C[C@H]([C@H]2CC[C@@]3(C)C(=CC[C@]4(O)[C@@H]3CC(OC(=O)c3ccccc3)[C@@]3(C)[C@]4(O)CC[C@]3(O)C(C)=O)C2)O[C@H](C)[C@H]1O[C@H]1C[C@@H](OC)[C@H](O[C@H]2C[C@@H](OC)[C@H](O)[C@@H](C)O2)[C@@H](C)O1. The number of benzene rings is 1. The molecular weight excluding hydrogens is 829 g/mol. The van der Waals surface area contributed by atoms with Crippen LogP contribution in [0, 0.1) is 22.7 Å². The molecule has 3 heterocycles. The van der Waals surface area contributed by atoms with E-state index in [1.54, 1.807) is 65.5 Å². The standard InChI is InChI=1S/C49H72O15/c1-26-41(51)34(56-7)23-39(60-26)63-43-28(3)61-40(24-36(43)58-9)64-42-27(2)59-33(22-35(42)57-8)31-15-17-45(5)32(21-31)16-18-48(54)37(45)25-38(62-44(52)30-13-11-10-12-14-30)46(6)47(53,29(4)50)19-20-49(46,48)55/h10-14,16,26-28,31,33-43,51,53-55H,15,17-25H2,1-9H3/t26-,27-,28-,31+,33-,34-,35+,36-,37-,38?,39+,40+,41-,42-,43-,45+,46-,47+,48+,49-/m1/s1. The lowest BCUT2D eigenvalue weighted by Crippen LogP contribution is -2.78. The van der Waals surface area contributed by atoms with Crippen LogP contribution in [-0.2, 0) is 47.4 Å². The first-order chi connectivity index (χ1) is 30.3. The average molecular weight is 901 g/mol. The maximum Gasteiger partial charge on any atom is 0.338 e. The molecule has 0 bridgehead atoms. The van der Waals surface area contributed by atoms with Gasteiger partial charge in [-0.05, 0) is 103 Å². The highest BCUT2D eigenvalue weighted by molar-refractivity contribution is 5.90. The monoisotopic (exact) mass is 900 g/mol. The van der Waals surface area contributed by atoms with Crippen molar-refractivity contribution in [3.63, 3.8) is 0 Å². The Hall–Kier alpha value is -2.38. The van der Waals surface area contributed by atoms with Gasteiger partial charge >= 0.3 is 5.97 Å². The zero-order valence-electron chi connectivity index (χ0n) is 39.0. The van der Waals surface area contributed by atoms with Gasteiger partial charge < -0.3 is 63.1 Å². The van der Waals surface area contributed by atoms with E-state index in [4.69, 9.17) is 42.6 Å². The van der Waals surface area contributed by atoms with Gasteiger partial charge in [-0.1, -0.05) is 36.8 Å². The molecular formula is C49H72O15. The summed E-state index contributed by atoms with van der Waals surface area (Å²) >= 11 is 0. The molecule has 0 spiro atoms. The maximum atomic E-state index is 13.7. The van der Waals surface area contributed by atoms with Crippen LogP contribution in [0.1, 0.15) is 116 Å². The predicted octanol–water partition coefficient (Wildman–Crippen LogP) is 4.57. The Morgan fingerprint density at radius 3 is 1.97 bits per heavy atom. The Balaban J connectivity index is 0.955. The van der Waals surface area contributed by atoms with Crippen LogP contribution in [0.2, 0.25) is 0 Å². The van der Waals surface area contributed by atoms with E-state index in [9.17, 15) is 30.0 Å². The number of ether oxygens (including phenoxy) is 9. The van der Waals surface area contributed by atoms with Crippen LogP contribution in [-0.4, -0.2) is 150 Å². The van der Waals surface area contributed by atoms with Crippen LogP contribution < -0.4 is 0 Å². The number of carbonyl (C=O) groups is 2. The number of Topliss-reactive ketones (excluding diaryl/α,β-unsaturated/α-hetero) is 1. The number of hydrogen-bond donors (Lipinski definition) is 4. The van der Waals surface area contributed by atoms with E-state index in [2.05, 4.69) is 13.0 Å². The Kier molecular flexibility index (Phi) is 13.5. The summed E-state index contributed by atoms with van der Waals surface area (Å²) in [6.07, 6.45) is -0.485. The van der Waals surface area contributed by atoms with E-state index >= 15 is 0 Å². The van der Waals surface area contributed by atoms with Crippen LogP contribution in [0.15, 0.2) is 42.0 Å². The van der Waals surface area contributed by atoms with Crippen molar-refractivity contribution < 1.29 is 72.6 Å². The number of aliphatic hydroxyl groups excluding tert-OH is 1. The third kappa shape index (κ3) is 7.65. The number of methoxy groups -OCH3 is 3. The summed E-state index contributed by atoms with van der Waals surface area (Å²) in [6.45, 7) is 10.8. The van der Waals surface area contributed by atoms with Crippen LogP contribution in [0.25, 0.3) is 0 Å². The Morgan fingerprint density at radius 2 is 1.34 bits per heavy atom. The molecule has 1 aromatic carbocycles. The molecule has 64 heavy (non-hydrogen) atoms. The van der Waals surface area contributed by atoms with Gasteiger partial charge in [-0.15, -0.1) is 0 Å². The highest BCUT2D eigenvalue weighted by Crippen LogP contribution is 2.71. The smallest absolute Gasteiger partial charge is 0.338 e. The molecule has 6 fully saturated rings. The number of hydrogen-bond acceptors (Lipinski definition) is 15. The van der Waals surface area contributed by atoms with Gasteiger partial charge in [0.25, 0.3) is 0 Å². The molecule has 7 aliphatic rings. The Morgan fingerprint density at radius 1 is 0.750 bits per heavy atom. The second-order valence-electron chi connectivity index (χ2n) is 20.4. The van der Waals surface area contributed by atoms with Gasteiger partial charge in [-0.3, -0.25) is 4.79 Å². The summed E-state index contributed by atoms with van der Waals surface area (Å²) in [7, 11) is 4.90. The number of fused-ring (bicyclic) bond motifs is 5. The van der Waals surface area contributed by atoms with Crippen LogP contribution >= 0.6 is 0 Å². The molecule has 1 unspecified atom stereocenters. The highest BCUT2D eigenvalue weighted by Gasteiger charge is 2.81. The van der Waals surface area contributed by atoms with Crippen molar-refractivity contribution in [3.8, 4) is 0 Å². The van der Waals surface area contributed by atoms with Crippen molar-refractivity contribution >= 4 is 11.8 Å². The largest absolute Gasteiger partial charge is 0.458 e. The third-order valence-electron chi connectivity index (χ3n) is 17.5. The quantitative estimate of drug-likeness (QED) is 0.178. The molecule has 15 heteroatoms. The lowest BCUT2D eigenvalue weighted by atomic mass is 9.42. The van der Waals surface area contributed by atoms with Gasteiger partial charge in [0.1, 0.15) is 41.2 Å². The molecule has 0 aromatic heterocycles. The van der Waals surface area contributed by atoms with E-state index in [0.29, 0.717) is 37.7 Å². The second-order valence-corrected chi connectivity index (χ2v) is 20.4. The highest BCUT2D eigenvalue weighted by atomic mass is 16.7. The topological polar surface area (TPSA) is 198 Å². The molecule has 3 saturated carbocycles. The molecule has 4 N–H and O–H groups in total. The fourth-order valence-electron chi connectivity index (χ4n) is 13.5. The summed E-state index contributed by atoms with van der Waals surface area (Å²) in [4.78, 5) is 27.0. The average Bonchev–Trinajstić information content (AvgIpc) is 3.51.